The average molecular weight is 349 g/mol. The number of carbonyl (C=O) groups excluding carboxylic acids is 1. The maximum absolute atomic E-state index is 12.0. The number of amides is 1. The van der Waals surface area contributed by atoms with Gasteiger partial charge in [0.1, 0.15) is 0 Å². The van der Waals surface area contributed by atoms with Crippen LogP contribution in [0.2, 0.25) is 0 Å². The predicted molar refractivity (Wildman–Crippen MR) is 96.3 cm³/mol. The van der Waals surface area contributed by atoms with Crippen molar-refractivity contribution in [3.63, 3.8) is 0 Å². The number of thioether (sulfide) groups is 1. The number of aryl methyl sites for hydroxylation is 1. The first-order valence-corrected chi connectivity index (χ1v) is 9.29. The van der Waals surface area contributed by atoms with Crippen molar-refractivity contribution < 1.29 is 4.79 Å². The molecule has 1 aliphatic heterocycles. The summed E-state index contributed by atoms with van der Waals surface area (Å²) in [5.41, 5.74) is 8.80. The van der Waals surface area contributed by atoms with Crippen LogP contribution in [0.15, 0.2) is 22.5 Å². The van der Waals surface area contributed by atoms with Crippen molar-refractivity contribution in [2.75, 3.05) is 34.8 Å². The molecule has 8 heteroatoms. The van der Waals surface area contributed by atoms with Gasteiger partial charge in [-0.05, 0) is 43.5 Å². The zero-order valence-corrected chi connectivity index (χ0v) is 14.5. The van der Waals surface area contributed by atoms with Gasteiger partial charge in [0.15, 0.2) is 4.34 Å². The summed E-state index contributed by atoms with van der Waals surface area (Å²) in [5, 5.41) is 11.0. The van der Waals surface area contributed by atoms with Crippen LogP contribution in [-0.4, -0.2) is 34.9 Å². The third-order valence-electron chi connectivity index (χ3n) is 3.68. The molecule has 23 heavy (non-hydrogen) atoms. The first-order chi connectivity index (χ1) is 11.1. The van der Waals surface area contributed by atoms with Crippen LogP contribution in [0, 0.1) is 6.92 Å². The lowest BCUT2D eigenvalue weighted by Gasteiger charge is -2.20. The fourth-order valence-electron chi connectivity index (χ4n) is 2.65. The number of aromatic nitrogens is 2. The third kappa shape index (κ3) is 4.14. The minimum atomic E-state index is -0.0582. The van der Waals surface area contributed by atoms with Crippen molar-refractivity contribution in [3.8, 4) is 0 Å². The van der Waals surface area contributed by atoms with Crippen molar-refractivity contribution in [1.29, 1.82) is 0 Å². The molecule has 0 bridgehead atoms. The van der Waals surface area contributed by atoms with E-state index in [-0.39, 0.29) is 5.91 Å². The number of nitrogens with zero attached hydrogens (tertiary/aromatic N) is 3. The summed E-state index contributed by atoms with van der Waals surface area (Å²) < 4.78 is 0.707. The van der Waals surface area contributed by atoms with E-state index < -0.39 is 0 Å². The molecule has 0 aliphatic carbocycles. The standard InChI is InChI=1S/C15H19N5OS2/c1-10-8-11(4-5-12(10)20-6-2-3-7-20)17-13(21)9-22-15-19-18-14(16)23-15/h4-5,8H,2-3,6-7,9H2,1H3,(H2,16,18)(H,17,21). The Morgan fingerprint density at radius 3 is 2.83 bits per heavy atom. The summed E-state index contributed by atoms with van der Waals surface area (Å²) in [6, 6.07) is 6.08. The van der Waals surface area contributed by atoms with Gasteiger partial charge in [0.2, 0.25) is 11.0 Å². The Morgan fingerprint density at radius 2 is 2.17 bits per heavy atom. The molecule has 1 saturated heterocycles. The van der Waals surface area contributed by atoms with E-state index in [2.05, 4.69) is 33.4 Å². The predicted octanol–water partition coefficient (Wildman–Crippen LogP) is 2.76. The Labute approximate surface area is 143 Å². The Morgan fingerprint density at radius 1 is 1.39 bits per heavy atom. The van der Waals surface area contributed by atoms with Crippen molar-refractivity contribution >= 4 is 45.5 Å². The van der Waals surface area contributed by atoms with Gasteiger partial charge < -0.3 is 16.0 Å². The zero-order valence-electron chi connectivity index (χ0n) is 12.9. The maximum Gasteiger partial charge on any atom is 0.234 e. The fraction of sp³-hybridized carbons (Fsp3) is 0.400. The van der Waals surface area contributed by atoms with Crippen LogP contribution in [-0.2, 0) is 4.79 Å². The molecule has 0 saturated carbocycles. The van der Waals surface area contributed by atoms with Gasteiger partial charge in [-0.2, -0.15) is 0 Å². The lowest BCUT2D eigenvalue weighted by atomic mass is 10.1. The van der Waals surface area contributed by atoms with E-state index >= 15 is 0 Å². The average Bonchev–Trinajstić information content (AvgIpc) is 3.17. The number of nitrogens with two attached hydrogens (primary N) is 1. The van der Waals surface area contributed by atoms with E-state index in [0.29, 0.717) is 15.2 Å². The van der Waals surface area contributed by atoms with Crippen LogP contribution in [0.1, 0.15) is 18.4 Å². The molecular weight excluding hydrogens is 330 g/mol. The number of anilines is 3. The monoisotopic (exact) mass is 349 g/mol. The highest BCUT2D eigenvalue weighted by Crippen LogP contribution is 2.27. The van der Waals surface area contributed by atoms with E-state index in [4.69, 9.17) is 5.73 Å². The number of carbonyl (C=O) groups is 1. The zero-order chi connectivity index (χ0) is 16.2. The highest BCUT2D eigenvalue weighted by atomic mass is 32.2. The van der Waals surface area contributed by atoms with Gasteiger partial charge in [0, 0.05) is 24.5 Å². The molecule has 1 aliphatic rings. The SMILES string of the molecule is Cc1cc(NC(=O)CSc2nnc(N)s2)ccc1N1CCCC1. The molecule has 1 amide bonds. The minimum absolute atomic E-state index is 0.0582. The minimum Gasteiger partial charge on any atom is -0.374 e. The molecule has 122 valence electrons. The molecule has 1 fully saturated rings. The molecule has 2 aromatic rings. The Hall–Kier alpha value is -1.80. The molecule has 3 N–H and O–H groups in total. The molecule has 0 radical (unpaired) electrons. The summed E-state index contributed by atoms with van der Waals surface area (Å²) in [7, 11) is 0. The topological polar surface area (TPSA) is 84.1 Å². The summed E-state index contributed by atoms with van der Waals surface area (Å²) >= 11 is 2.63. The van der Waals surface area contributed by atoms with Gasteiger partial charge in [0.05, 0.1) is 5.75 Å². The molecule has 0 atom stereocenters. The van der Waals surface area contributed by atoms with Crippen molar-refractivity contribution in [1.82, 2.24) is 10.2 Å². The highest BCUT2D eigenvalue weighted by molar-refractivity contribution is 8.01. The summed E-state index contributed by atoms with van der Waals surface area (Å²) in [5.74, 6) is 0.235. The largest absolute Gasteiger partial charge is 0.374 e. The Balaban J connectivity index is 1.56. The number of rotatable bonds is 5. The number of hydrogen-bond acceptors (Lipinski definition) is 7. The molecule has 0 spiro atoms. The van der Waals surface area contributed by atoms with Gasteiger partial charge in [-0.1, -0.05) is 23.1 Å². The number of benzene rings is 1. The third-order valence-corrected chi connectivity index (χ3v) is 5.56. The summed E-state index contributed by atoms with van der Waals surface area (Å²) in [6.07, 6.45) is 2.51. The molecule has 2 heterocycles. The van der Waals surface area contributed by atoms with Gasteiger partial charge in [-0.25, -0.2) is 0 Å². The second kappa shape index (κ2) is 7.18. The van der Waals surface area contributed by atoms with Crippen LogP contribution in [0.3, 0.4) is 0 Å². The van der Waals surface area contributed by atoms with E-state index in [1.807, 2.05) is 12.1 Å². The first-order valence-electron chi connectivity index (χ1n) is 7.49. The highest BCUT2D eigenvalue weighted by Gasteiger charge is 2.15. The van der Waals surface area contributed by atoms with Gasteiger partial charge in [0.25, 0.3) is 0 Å². The van der Waals surface area contributed by atoms with Crippen LogP contribution in [0.25, 0.3) is 0 Å². The fourth-order valence-corrected chi connectivity index (χ4v) is 4.09. The first kappa shape index (κ1) is 16.1. The van der Waals surface area contributed by atoms with Crippen LogP contribution in [0.4, 0.5) is 16.5 Å². The van der Waals surface area contributed by atoms with E-state index in [0.717, 1.165) is 18.8 Å². The Kier molecular flexibility index (Phi) is 5.02. The number of nitrogens with one attached hydrogen (secondary N) is 1. The lowest BCUT2D eigenvalue weighted by molar-refractivity contribution is -0.113. The second-order valence-corrected chi connectivity index (χ2v) is 7.67. The van der Waals surface area contributed by atoms with Gasteiger partial charge >= 0.3 is 0 Å². The molecule has 6 nitrogen and oxygen atoms in total. The summed E-state index contributed by atoms with van der Waals surface area (Å²) in [6.45, 7) is 4.32. The lowest BCUT2D eigenvalue weighted by Crippen LogP contribution is -2.19. The second-order valence-electron chi connectivity index (χ2n) is 5.44. The molecule has 1 aromatic carbocycles. The van der Waals surface area contributed by atoms with Gasteiger partial charge in [-0.15, -0.1) is 10.2 Å². The van der Waals surface area contributed by atoms with Crippen molar-refractivity contribution in [2.45, 2.75) is 24.1 Å². The Bertz CT molecular complexity index is 697. The normalized spacial score (nSPS) is 14.2. The number of nitrogen functional groups attached to an aromatic ring is 1. The maximum atomic E-state index is 12.0. The summed E-state index contributed by atoms with van der Waals surface area (Å²) in [4.78, 5) is 14.4. The van der Waals surface area contributed by atoms with Crippen molar-refractivity contribution in [3.05, 3.63) is 23.8 Å². The van der Waals surface area contributed by atoms with Crippen LogP contribution in [0.5, 0.6) is 0 Å². The smallest absolute Gasteiger partial charge is 0.234 e. The van der Waals surface area contributed by atoms with Crippen LogP contribution >= 0.6 is 23.1 Å². The van der Waals surface area contributed by atoms with Gasteiger partial charge in [-0.3, -0.25) is 4.79 Å². The van der Waals surface area contributed by atoms with E-state index in [1.165, 1.54) is 47.2 Å². The molecule has 3 rings (SSSR count). The van der Waals surface area contributed by atoms with Crippen molar-refractivity contribution in [2.24, 2.45) is 0 Å². The molecular formula is C15H19N5OS2. The van der Waals surface area contributed by atoms with Crippen LogP contribution < -0.4 is 16.0 Å². The number of hydrogen-bond donors (Lipinski definition) is 2. The molecule has 0 unspecified atom stereocenters. The van der Waals surface area contributed by atoms with E-state index in [1.54, 1.807) is 0 Å². The molecule has 1 aromatic heterocycles. The quantitative estimate of drug-likeness (QED) is 0.808. The van der Waals surface area contributed by atoms with E-state index in [9.17, 15) is 4.79 Å².